The molecule has 1 unspecified atom stereocenters. The number of hydrogen-bond acceptors (Lipinski definition) is 4. The van der Waals surface area contributed by atoms with E-state index in [1.165, 1.54) is 11.0 Å². The Bertz CT molecular complexity index is 1540. The van der Waals surface area contributed by atoms with E-state index < -0.39 is 12.0 Å². The maximum Gasteiger partial charge on any atom is 0.336 e. The van der Waals surface area contributed by atoms with Crippen LogP contribution in [0, 0.1) is 6.92 Å². The lowest BCUT2D eigenvalue weighted by Gasteiger charge is -2.29. The Labute approximate surface area is 224 Å². The van der Waals surface area contributed by atoms with E-state index >= 15 is 0 Å². The molecule has 1 aliphatic rings. The van der Waals surface area contributed by atoms with Crippen molar-refractivity contribution in [1.82, 2.24) is 9.88 Å². The highest BCUT2D eigenvalue weighted by Crippen LogP contribution is 2.31. The van der Waals surface area contributed by atoms with Crippen molar-refractivity contribution in [2.45, 2.75) is 25.9 Å². The second-order valence-electron chi connectivity index (χ2n) is 9.20. The lowest BCUT2D eigenvalue weighted by molar-refractivity contribution is -0.120. The van der Waals surface area contributed by atoms with Gasteiger partial charge in [0.25, 0.3) is 5.91 Å². The van der Waals surface area contributed by atoms with Gasteiger partial charge in [0.05, 0.1) is 16.8 Å². The van der Waals surface area contributed by atoms with Gasteiger partial charge in [-0.3, -0.25) is 14.6 Å². The molecule has 2 heterocycles. The van der Waals surface area contributed by atoms with Crippen LogP contribution in [0.15, 0.2) is 85.1 Å². The fraction of sp³-hybridized carbons (Fsp3) is 0.133. The number of carbonyl (C=O) groups is 3. The maximum atomic E-state index is 13.8. The average molecular weight is 526 g/mol. The summed E-state index contributed by atoms with van der Waals surface area (Å²) >= 11 is 6.15. The van der Waals surface area contributed by atoms with Crippen molar-refractivity contribution in [1.29, 1.82) is 0 Å². The molecule has 5 rings (SSSR count). The molecule has 0 saturated carbocycles. The fourth-order valence-corrected chi connectivity index (χ4v) is 4.78. The summed E-state index contributed by atoms with van der Waals surface area (Å²) in [5.74, 6) is -1.74. The van der Waals surface area contributed by atoms with E-state index in [-0.39, 0.29) is 30.3 Å². The first kappa shape index (κ1) is 25.2. The summed E-state index contributed by atoms with van der Waals surface area (Å²) < 4.78 is 0. The summed E-state index contributed by atoms with van der Waals surface area (Å²) in [5, 5.41) is 13.1. The number of nitrogens with zero attached hydrogens (tertiary/aromatic N) is 2. The number of nitrogens with one attached hydrogen (secondary N) is 1. The van der Waals surface area contributed by atoms with Gasteiger partial charge in [0, 0.05) is 29.9 Å². The number of hydrogen-bond donors (Lipinski definition) is 2. The number of aromatic carboxylic acids is 1. The summed E-state index contributed by atoms with van der Waals surface area (Å²) in [4.78, 5) is 45.1. The van der Waals surface area contributed by atoms with Crippen molar-refractivity contribution in [3.05, 3.63) is 118 Å². The molecule has 1 aliphatic heterocycles. The molecular formula is C30H24ClN3O4. The molecule has 0 radical (unpaired) electrons. The van der Waals surface area contributed by atoms with Gasteiger partial charge in [-0.2, -0.15) is 0 Å². The smallest absolute Gasteiger partial charge is 0.336 e. The Morgan fingerprint density at radius 2 is 1.79 bits per heavy atom. The third kappa shape index (κ3) is 5.14. The van der Waals surface area contributed by atoms with Gasteiger partial charge in [0.1, 0.15) is 6.04 Å². The van der Waals surface area contributed by atoms with E-state index in [9.17, 15) is 19.5 Å². The predicted octanol–water partition coefficient (Wildman–Crippen LogP) is 5.61. The largest absolute Gasteiger partial charge is 0.478 e. The number of carbonyl (C=O) groups excluding carboxylic acids is 2. The van der Waals surface area contributed by atoms with E-state index in [2.05, 4.69) is 10.3 Å². The molecule has 0 aliphatic carbocycles. The maximum absolute atomic E-state index is 13.8. The normalized spacial score (nSPS) is 15.0. The van der Waals surface area contributed by atoms with Gasteiger partial charge in [-0.25, -0.2) is 4.79 Å². The number of rotatable bonds is 6. The summed E-state index contributed by atoms with van der Waals surface area (Å²) in [6.07, 6.45) is 1.85. The number of halogens is 1. The Kier molecular flexibility index (Phi) is 6.94. The standard InChI is InChI=1S/C30H24ClN3O4/c1-18-5-8-20(9-6-18)25-14-19(7-11-23(25)30(37)38)17-34-27(16-22-4-2-3-13-32-22)28(35)33-26-15-21(31)10-12-24(26)29(34)36/h2-15,27H,16-17H2,1H3,(H,33,35)(H,37,38). The van der Waals surface area contributed by atoms with E-state index in [1.807, 2.05) is 43.3 Å². The van der Waals surface area contributed by atoms with Gasteiger partial charge in [0.15, 0.2) is 0 Å². The average Bonchev–Trinajstić information content (AvgIpc) is 2.99. The minimum atomic E-state index is -1.05. The van der Waals surface area contributed by atoms with Crippen molar-refractivity contribution in [3.8, 4) is 11.1 Å². The lowest BCUT2D eigenvalue weighted by Crippen LogP contribution is -2.46. The van der Waals surface area contributed by atoms with Gasteiger partial charge < -0.3 is 15.3 Å². The van der Waals surface area contributed by atoms with Crippen molar-refractivity contribution in [3.63, 3.8) is 0 Å². The van der Waals surface area contributed by atoms with Crippen LogP contribution in [0.5, 0.6) is 0 Å². The molecule has 0 spiro atoms. The summed E-state index contributed by atoms with van der Waals surface area (Å²) in [7, 11) is 0. The van der Waals surface area contributed by atoms with Crippen molar-refractivity contribution in [2.75, 3.05) is 5.32 Å². The third-order valence-corrected chi connectivity index (χ3v) is 6.80. The molecule has 1 atom stereocenters. The van der Waals surface area contributed by atoms with E-state index in [4.69, 9.17) is 11.6 Å². The highest BCUT2D eigenvalue weighted by molar-refractivity contribution is 6.31. The number of carboxylic acid groups (broad SMARTS) is 1. The molecule has 8 heteroatoms. The topological polar surface area (TPSA) is 99.6 Å². The predicted molar refractivity (Wildman–Crippen MR) is 145 cm³/mol. The van der Waals surface area contributed by atoms with E-state index in [1.54, 1.807) is 42.6 Å². The molecular weight excluding hydrogens is 502 g/mol. The zero-order valence-electron chi connectivity index (χ0n) is 20.5. The Morgan fingerprint density at radius 1 is 1.00 bits per heavy atom. The Morgan fingerprint density at radius 3 is 2.50 bits per heavy atom. The molecule has 38 heavy (non-hydrogen) atoms. The zero-order chi connectivity index (χ0) is 26.8. The first-order chi connectivity index (χ1) is 18.3. The number of fused-ring (bicyclic) bond motifs is 1. The van der Waals surface area contributed by atoms with Gasteiger partial charge in [-0.1, -0.05) is 53.6 Å². The van der Waals surface area contributed by atoms with Crippen LogP contribution in [-0.2, 0) is 17.8 Å². The minimum absolute atomic E-state index is 0.0879. The first-order valence-electron chi connectivity index (χ1n) is 12.0. The fourth-order valence-electron chi connectivity index (χ4n) is 4.61. The van der Waals surface area contributed by atoms with Gasteiger partial charge in [-0.05, 0) is 66.1 Å². The zero-order valence-corrected chi connectivity index (χ0v) is 21.3. The molecule has 2 N–H and O–H groups in total. The van der Waals surface area contributed by atoms with Gasteiger partial charge >= 0.3 is 5.97 Å². The Hall–Kier alpha value is -4.49. The van der Waals surface area contributed by atoms with Gasteiger partial charge in [0.2, 0.25) is 5.91 Å². The van der Waals surface area contributed by atoms with Crippen LogP contribution in [0.2, 0.25) is 5.02 Å². The number of aryl methyl sites for hydroxylation is 1. The molecule has 0 saturated heterocycles. The number of pyridine rings is 1. The van der Waals surface area contributed by atoms with Gasteiger partial charge in [-0.15, -0.1) is 0 Å². The highest BCUT2D eigenvalue weighted by Gasteiger charge is 2.36. The molecule has 2 amide bonds. The molecule has 190 valence electrons. The number of anilines is 1. The highest BCUT2D eigenvalue weighted by atomic mass is 35.5. The van der Waals surface area contributed by atoms with Crippen molar-refractivity contribution in [2.24, 2.45) is 0 Å². The first-order valence-corrected chi connectivity index (χ1v) is 12.4. The molecule has 0 fully saturated rings. The molecule has 7 nitrogen and oxygen atoms in total. The number of benzene rings is 3. The number of aromatic nitrogens is 1. The van der Waals surface area contributed by atoms with Crippen molar-refractivity contribution < 1.29 is 19.5 Å². The third-order valence-electron chi connectivity index (χ3n) is 6.57. The number of carboxylic acids is 1. The SMILES string of the molecule is Cc1ccc(-c2cc(CN3C(=O)c4ccc(Cl)cc4NC(=O)C3Cc3ccccn3)ccc2C(=O)O)cc1. The number of amides is 2. The van der Waals surface area contributed by atoms with E-state index in [0.717, 1.165) is 11.1 Å². The second kappa shape index (κ2) is 10.5. The summed E-state index contributed by atoms with van der Waals surface area (Å²) in [5.41, 5.74) is 4.53. The van der Waals surface area contributed by atoms with Crippen LogP contribution in [0.4, 0.5) is 5.69 Å². The summed E-state index contributed by atoms with van der Waals surface area (Å²) in [6, 6.07) is 21.9. The Balaban J connectivity index is 1.58. The molecule has 1 aromatic heterocycles. The van der Waals surface area contributed by atoms with Crippen LogP contribution < -0.4 is 5.32 Å². The molecule has 4 aromatic rings. The van der Waals surface area contributed by atoms with Crippen molar-refractivity contribution >= 4 is 35.1 Å². The van der Waals surface area contributed by atoms with Crippen LogP contribution in [0.1, 0.15) is 37.5 Å². The van der Waals surface area contributed by atoms with Crippen LogP contribution in [-0.4, -0.2) is 38.8 Å². The lowest BCUT2D eigenvalue weighted by atomic mass is 9.96. The monoisotopic (exact) mass is 525 g/mol. The quantitative estimate of drug-likeness (QED) is 0.340. The van der Waals surface area contributed by atoms with Crippen LogP contribution in [0.3, 0.4) is 0 Å². The van der Waals surface area contributed by atoms with Crippen LogP contribution >= 0.6 is 11.6 Å². The van der Waals surface area contributed by atoms with Crippen LogP contribution in [0.25, 0.3) is 11.1 Å². The minimum Gasteiger partial charge on any atom is -0.478 e. The van der Waals surface area contributed by atoms with E-state index in [0.29, 0.717) is 33.1 Å². The summed E-state index contributed by atoms with van der Waals surface area (Å²) in [6.45, 7) is 2.05. The molecule has 0 bridgehead atoms. The second-order valence-corrected chi connectivity index (χ2v) is 9.64. The molecule has 3 aromatic carbocycles.